The molecular formula is C29H29ClFN7O3S2. The van der Waals surface area contributed by atoms with Crippen LogP contribution < -0.4 is 20.1 Å². The number of piperidine rings is 1. The van der Waals surface area contributed by atoms with Crippen molar-refractivity contribution in [3.05, 3.63) is 82.8 Å². The molecule has 1 fully saturated rings. The second-order valence-corrected chi connectivity index (χ2v) is 12.4. The minimum atomic E-state index is -3.93. The summed E-state index contributed by atoms with van der Waals surface area (Å²) in [5, 5.41) is 9.29. The van der Waals surface area contributed by atoms with Gasteiger partial charge < -0.3 is 15.4 Å². The van der Waals surface area contributed by atoms with Crippen molar-refractivity contribution in [2.24, 2.45) is 0 Å². The maximum absolute atomic E-state index is 15.1. The molecule has 1 aliphatic rings. The minimum Gasteiger partial charge on any atom is -0.437 e. The van der Waals surface area contributed by atoms with Crippen LogP contribution in [0.25, 0.3) is 22.0 Å². The van der Waals surface area contributed by atoms with Crippen LogP contribution in [-0.2, 0) is 15.8 Å². The number of pyridine rings is 1. The first-order valence-corrected chi connectivity index (χ1v) is 16.0. The summed E-state index contributed by atoms with van der Waals surface area (Å²) in [5.41, 5.74) is 3.81. The Balaban J connectivity index is 0.00000368. The monoisotopic (exact) mass is 641 g/mol. The first kappa shape index (κ1) is 30.5. The maximum atomic E-state index is 15.1. The SMILES string of the molecule is Cc1ccc2c(NS(=O)(=O)Cc3cscn3)c(F)ccc2c1Oc1ncccc1-c1ccnc(NC2CCCNC2)n1.Cl. The number of aryl methyl sites for hydroxylation is 1. The van der Waals surface area contributed by atoms with Gasteiger partial charge in [0.2, 0.25) is 21.9 Å². The Labute approximate surface area is 258 Å². The fourth-order valence-corrected chi connectivity index (χ4v) is 6.70. The molecule has 2 aromatic carbocycles. The predicted octanol–water partition coefficient (Wildman–Crippen LogP) is 5.92. The van der Waals surface area contributed by atoms with E-state index in [-0.39, 0.29) is 29.9 Å². The number of benzene rings is 2. The van der Waals surface area contributed by atoms with Gasteiger partial charge in [-0.3, -0.25) is 4.72 Å². The van der Waals surface area contributed by atoms with Crippen molar-refractivity contribution in [1.29, 1.82) is 0 Å². The van der Waals surface area contributed by atoms with E-state index in [0.717, 1.165) is 31.5 Å². The molecular weight excluding hydrogens is 613 g/mol. The van der Waals surface area contributed by atoms with E-state index in [1.165, 1.54) is 17.4 Å². The number of fused-ring (bicyclic) bond motifs is 1. The zero-order valence-corrected chi connectivity index (χ0v) is 25.5. The molecule has 1 aliphatic heterocycles. The summed E-state index contributed by atoms with van der Waals surface area (Å²) in [7, 11) is -3.93. The number of nitrogens with zero attached hydrogens (tertiary/aromatic N) is 4. The van der Waals surface area contributed by atoms with Crippen LogP contribution in [-0.4, -0.2) is 47.5 Å². The molecule has 0 bridgehead atoms. The third-order valence-electron chi connectivity index (χ3n) is 6.91. The Morgan fingerprint density at radius 3 is 2.74 bits per heavy atom. The van der Waals surface area contributed by atoms with Crippen LogP contribution in [0.3, 0.4) is 0 Å². The molecule has 1 unspecified atom stereocenters. The number of sulfonamides is 1. The topological polar surface area (TPSA) is 131 Å². The van der Waals surface area contributed by atoms with Crippen molar-refractivity contribution in [1.82, 2.24) is 25.3 Å². The van der Waals surface area contributed by atoms with E-state index < -0.39 is 15.8 Å². The van der Waals surface area contributed by atoms with Gasteiger partial charge in [-0.1, -0.05) is 12.1 Å². The zero-order valence-electron chi connectivity index (χ0n) is 23.1. The number of aromatic nitrogens is 4. The lowest BCUT2D eigenvalue weighted by Crippen LogP contribution is -2.38. The molecule has 1 saturated heterocycles. The van der Waals surface area contributed by atoms with E-state index in [2.05, 4.69) is 30.3 Å². The molecule has 0 amide bonds. The summed E-state index contributed by atoms with van der Waals surface area (Å²) >= 11 is 1.29. The number of hydrogen-bond donors (Lipinski definition) is 3. The summed E-state index contributed by atoms with van der Waals surface area (Å²) in [6.07, 6.45) is 5.42. The number of rotatable bonds is 9. The van der Waals surface area contributed by atoms with Crippen LogP contribution in [0.4, 0.5) is 16.0 Å². The third kappa shape index (κ3) is 7.02. The second-order valence-electron chi connectivity index (χ2n) is 9.98. The molecule has 0 radical (unpaired) electrons. The number of nitrogens with one attached hydrogen (secondary N) is 3. The molecule has 14 heteroatoms. The number of ether oxygens (including phenoxy) is 1. The molecule has 0 saturated carbocycles. The lowest BCUT2D eigenvalue weighted by molar-refractivity contribution is 0.466. The van der Waals surface area contributed by atoms with Crippen molar-refractivity contribution in [2.45, 2.75) is 31.6 Å². The molecule has 10 nitrogen and oxygen atoms in total. The molecule has 3 N–H and O–H groups in total. The number of thiazole rings is 1. The van der Waals surface area contributed by atoms with Crippen molar-refractivity contribution < 1.29 is 17.5 Å². The number of halogens is 2. The third-order valence-corrected chi connectivity index (χ3v) is 8.73. The minimum absolute atomic E-state index is 0. The molecule has 6 rings (SSSR count). The highest BCUT2D eigenvalue weighted by Gasteiger charge is 2.21. The van der Waals surface area contributed by atoms with Crippen LogP contribution in [0, 0.1) is 12.7 Å². The quantitative estimate of drug-likeness (QED) is 0.180. The summed E-state index contributed by atoms with van der Waals surface area (Å²) < 4.78 is 49.6. The zero-order chi connectivity index (χ0) is 29.1. The lowest BCUT2D eigenvalue weighted by Gasteiger charge is -2.23. The van der Waals surface area contributed by atoms with Gasteiger partial charge in [0.1, 0.15) is 17.3 Å². The van der Waals surface area contributed by atoms with Crippen molar-refractivity contribution >= 4 is 56.2 Å². The molecule has 224 valence electrons. The van der Waals surface area contributed by atoms with Gasteiger partial charge in [-0.2, -0.15) is 0 Å². The Hall–Kier alpha value is -3.91. The molecule has 43 heavy (non-hydrogen) atoms. The molecule has 5 aromatic rings. The van der Waals surface area contributed by atoms with E-state index in [1.54, 1.807) is 53.6 Å². The average Bonchev–Trinajstić information content (AvgIpc) is 3.49. The van der Waals surface area contributed by atoms with Gasteiger partial charge in [0.25, 0.3) is 0 Å². The molecule has 4 heterocycles. The second kappa shape index (κ2) is 13.2. The molecule has 0 aliphatic carbocycles. The highest BCUT2D eigenvalue weighted by molar-refractivity contribution is 7.91. The maximum Gasteiger partial charge on any atom is 0.238 e. The van der Waals surface area contributed by atoms with E-state index in [0.29, 0.717) is 45.3 Å². The van der Waals surface area contributed by atoms with Gasteiger partial charge in [-0.25, -0.2) is 32.7 Å². The van der Waals surface area contributed by atoms with Gasteiger partial charge in [0, 0.05) is 41.1 Å². The average molecular weight is 642 g/mol. The predicted molar refractivity (Wildman–Crippen MR) is 169 cm³/mol. The van der Waals surface area contributed by atoms with Crippen LogP contribution >= 0.6 is 23.7 Å². The molecule has 0 spiro atoms. The Kier molecular flexibility index (Phi) is 9.35. The van der Waals surface area contributed by atoms with E-state index in [4.69, 9.17) is 9.72 Å². The van der Waals surface area contributed by atoms with Gasteiger partial charge in [-0.05, 0) is 62.2 Å². The highest BCUT2D eigenvalue weighted by atomic mass is 35.5. The van der Waals surface area contributed by atoms with Gasteiger partial charge in [-0.15, -0.1) is 23.7 Å². The van der Waals surface area contributed by atoms with Crippen molar-refractivity contribution in [3.63, 3.8) is 0 Å². The summed E-state index contributed by atoms with van der Waals surface area (Å²) in [5.74, 6) is 0.167. The van der Waals surface area contributed by atoms with E-state index >= 15 is 4.39 Å². The molecule has 3 aromatic heterocycles. The fourth-order valence-electron chi connectivity index (χ4n) is 4.89. The normalized spacial score (nSPS) is 15.1. The highest BCUT2D eigenvalue weighted by Crippen LogP contribution is 2.39. The first-order chi connectivity index (χ1) is 20.4. The number of anilines is 2. The fraction of sp³-hybridized carbons (Fsp3) is 0.241. The Morgan fingerprint density at radius 2 is 1.95 bits per heavy atom. The molecule has 1 atom stereocenters. The van der Waals surface area contributed by atoms with Gasteiger partial charge in [0.15, 0.2) is 0 Å². The van der Waals surface area contributed by atoms with E-state index in [1.807, 2.05) is 13.0 Å². The van der Waals surface area contributed by atoms with Crippen LogP contribution in [0.1, 0.15) is 24.1 Å². The van der Waals surface area contributed by atoms with Gasteiger partial charge >= 0.3 is 0 Å². The van der Waals surface area contributed by atoms with Gasteiger partial charge in [0.05, 0.1) is 28.1 Å². The lowest BCUT2D eigenvalue weighted by atomic mass is 10.0. The largest absolute Gasteiger partial charge is 0.437 e. The summed E-state index contributed by atoms with van der Waals surface area (Å²) in [6.45, 7) is 3.71. The standard InChI is InChI=1S/C29H28FN7O3S2.ClH/c1-18-6-7-21-22(8-9-24(30)26(21)37-42(38,39)16-20-15-41-17-34-20)27(18)40-28-23(5-3-12-32-28)25-10-13-33-29(36-25)35-19-4-2-11-31-14-19;/h3,5-10,12-13,15,17,19,31,37H,2,4,11,14,16H2,1H3,(H,33,35,36);1H. The van der Waals surface area contributed by atoms with Crippen molar-refractivity contribution in [3.8, 4) is 22.9 Å². The van der Waals surface area contributed by atoms with Crippen LogP contribution in [0.2, 0.25) is 0 Å². The Bertz CT molecular complexity index is 1840. The number of hydrogen-bond acceptors (Lipinski definition) is 10. The first-order valence-electron chi connectivity index (χ1n) is 13.4. The van der Waals surface area contributed by atoms with Crippen LogP contribution in [0.5, 0.6) is 11.6 Å². The van der Waals surface area contributed by atoms with E-state index in [9.17, 15) is 8.42 Å². The van der Waals surface area contributed by atoms with Crippen molar-refractivity contribution in [2.75, 3.05) is 23.1 Å². The van der Waals surface area contributed by atoms with Crippen LogP contribution in [0.15, 0.2) is 65.7 Å². The smallest absolute Gasteiger partial charge is 0.238 e. The Morgan fingerprint density at radius 1 is 1.09 bits per heavy atom. The summed E-state index contributed by atoms with van der Waals surface area (Å²) in [6, 6.07) is 11.9. The summed E-state index contributed by atoms with van der Waals surface area (Å²) in [4.78, 5) is 17.6.